The van der Waals surface area contributed by atoms with E-state index in [0.717, 1.165) is 0 Å². The number of anilines is 1. The van der Waals surface area contributed by atoms with Crippen molar-refractivity contribution in [2.75, 3.05) is 11.4 Å². The van der Waals surface area contributed by atoms with E-state index in [1.54, 1.807) is 55.5 Å². The Balaban J connectivity index is 2.14. The topological polar surface area (TPSA) is 89.8 Å². The number of rotatable bonds is 7. The zero-order valence-electron chi connectivity index (χ0n) is 16.2. The van der Waals surface area contributed by atoms with Gasteiger partial charge in [-0.1, -0.05) is 29.8 Å². The number of sulfonamides is 1. The van der Waals surface area contributed by atoms with Crippen LogP contribution in [0.15, 0.2) is 77.7 Å². The molecule has 0 N–H and O–H groups in total. The van der Waals surface area contributed by atoms with E-state index in [4.69, 9.17) is 16.3 Å². The van der Waals surface area contributed by atoms with Gasteiger partial charge in [0.25, 0.3) is 15.7 Å². The van der Waals surface area contributed by atoms with Crippen molar-refractivity contribution >= 4 is 33.0 Å². The first-order valence-electron chi connectivity index (χ1n) is 8.92. The van der Waals surface area contributed by atoms with Crippen LogP contribution >= 0.6 is 11.6 Å². The maximum absolute atomic E-state index is 13.6. The van der Waals surface area contributed by atoms with Gasteiger partial charge in [0, 0.05) is 17.2 Å². The quantitative estimate of drug-likeness (QED) is 0.367. The Morgan fingerprint density at radius 1 is 1.03 bits per heavy atom. The molecule has 9 heteroatoms. The number of benzene rings is 3. The molecule has 0 heterocycles. The van der Waals surface area contributed by atoms with Crippen LogP contribution in [0.4, 0.5) is 11.4 Å². The molecule has 3 aromatic rings. The molecule has 1 unspecified atom stereocenters. The zero-order chi connectivity index (χ0) is 21.9. The Labute approximate surface area is 179 Å². The van der Waals surface area contributed by atoms with E-state index in [1.165, 1.54) is 35.7 Å². The zero-order valence-corrected chi connectivity index (χ0v) is 17.8. The van der Waals surface area contributed by atoms with Crippen LogP contribution in [0.25, 0.3) is 0 Å². The summed E-state index contributed by atoms with van der Waals surface area (Å²) in [6, 6.07) is 17.8. The van der Waals surface area contributed by atoms with Gasteiger partial charge in [-0.2, -0.15) is 0 Å². The molecule has 156 valence electrons. The number of hydrogen-bond donors (Lipinski definition) is 0. The lowest BCUT2D eigenvalue weighted by atomic mass is 10.1. The van der Waals surface area contributed by atoms with Crippen LogP contribution in [0, 0.1) is 10.1 Å². The summed E-state index contributed by atoms with van der Waals surface area (Å²) in [5, 5.41) is 11.3. The number of nitro benzene ring substituents is 1. The summed E-state index contributed by atoms with van der Waals surface area (Å²) in [5.74, 6) is 0.595. The number of non-ortho nitro benzene ring substituents is 1. The fourth-order valence-electron chi connectivity index (χ4n) is 3.07. The highest BCUT2D eigenvalue weighted by Crippen LogP contribution is 2.35. The third-order valence-corrected chi connectivity index (χ3v) is 6.74. The normalized spacial score (nSPS) is 12.2. The van der Waals surface area contributed by atoms with E-state index in [2.05, 4.69) is 0 Å². The Hall–Kier alpha value is -3.10. The third-order valence-electron chi connectivity index (χ3n) is 4.59. The number of nitrogens with zero attached hydrogens (tertiary/aromatic N) is 2. The van der Waals surface area contributed by atoms with Crippen molar-refractivity contribution in [3.8, 4) is 5.75 Å². The van der Waals surface area contributed by atoms with Crippen molar-refractivity contribution in [1.29, 1.82) is 0 Å². The molecular formula is C21H19ClN2O5S. The molecule has 1 atom stereocenters. The molecule has 0 aromatic heterocycles. The second kappa shape index (κ2) is 8.73. The van der Waals surface area contributed by atoms with Crippen molar-refractivity contribution in [2.45, 2.75) is 17.9 Å². The van der Waals surface area contributed by atoms with E-state index >= 15 is 0 Å². The summed E-state index contributed by atoms with van der Waals surface area (Å²) in [4.78, 5) is 10.3. The summed E-state index contributed by atoms with van der Waals surface area (Å²) in [5.41, 5.74) is 0.889. The van der Waals surface area contributed by atoms with E-state index in [-0.39, 0.29) is 10.6 Å². The first-order chi connectivity index (χ1) is 14.2. The van der Waals surface area contributed by atoms with Crippen molar-refractivity contribution in [1.82, 2.24) is 0 Å². The number of ether oxygens (including phenoxy) is 1. The number of nitro groups is 1. The molecule has 0 saturated carbocycles. The van der Waals surface area contributed by atoms with Gasteiger partial charge in [0.1, 0.15) is 5.75 Å². The summed E-state index contributed by atoms with van der Waals surface area (Å²) in [6.45, 7) is 1.75. The molecule has 0 spiro atoms. The average molecular weight is 447 g/mol. The second-order valence-corrected chi connectivity index (χ2v) is 8.74. The van der Waals surface area contributed by atoms with Crippen LogP contribution in [-0.2, 0) is 10.0 Å². The lowest BCUT2D eigenvalue weighted by molar-refractivity contribution is -0.384. The van der Waals surface area contributed by atoms with Gasteiger partial charge < -0.3 is 4.74 Å². The van der Waals surface area contributed by atoms with Gasteiger partial charge in [-0.3, -0.25) is 14.4 Å². The average Bonchev–Trinajstić information content (AvgIpc) is 2.73. The number of hydrogen-bond acceptors (Lipinski definition) is 5. The lowest BCUT2D eigenvalue weighted by Crippen LogP contribution is -2.33. The van der Waals surface area contributed by atoms with Crippen molar-refractivity contribution < 1.29 is 18.1 Å². The molecule has 7 nitrogen and oxygen atoms in total. The first kappa shape index (κ1) is 21.6. The van der Waals surface area contributed by atoms with Crippen molar-refractivity contribution in [2.24, 2.45) is 0 Å². The summed E-state index contributed by atoms with van der Waals surface area (Å²) in [7, 11) is -2.54. The Morgan fingerprint density at radius 3 is 2.30 bits per heavy atom. The second-order valence-electron chi connectivity index (χ2n) is 6.48. The van der Waals surface area contributed by atoms with Crippen LogP contribution in [0.5, 0.6) is 5.75 Å². The molecule has 0 amide bonds. The van der Waals surface area contributed by atoms with Gasteiger partial charge in [-0.25, -0.2) is 8.42 Å². The molecule has 0 fully saturated rings. The molecule has 0 bridgehead atoms. The highest BCUT2D eigenvalue weighted by molar-refractivity contribution is 7.92. The van der Waals surface area contributed by atoms with Crippen molar-refractivity contribution in [3.63, 3.8) is 0 Å². The van der Waals surface area contributed by atoms with Crippen molar-refractivity contribution in [3.05, 3.63) is 93.5 Å². The highest BCUT2D eigenvalue weighted by Gasteiger charge is 2.31. The molecule has 0 aliphatic carbocycles. The van der Waals surface area contributed by atoms with Crippen LogP contribution in [-0.4, -0.2) is 20.5 Å². The van der Waals surface area contributed by atoms with Gasteiger partial charge in [-0.15, -0.1) is 0 Å². The predicted octanol–water partition coefficient (Wildman–Crippen LogP) is 5.21. The Kier molecular flexibility index (Phi) is 6.28. The molecule has 3 aromatic carbocycles. The first-order valence-corrected chi connectivity index (χ1v) is 10.7. The fourth-order valence-corrected chi connectivity index (χ4v) is 4.89. The molecule has 30 heavy (non-hydrogen) atoms. The van der Waals surface area contributed by atoms with E-state index < -0.39 is 21.0 Å². The molecule has 0 aliphatic rings. The maximum Gasteiger partial charge on any atom is 0.269 e. The predicted molar refractivity (Wildman–Crippen MR) is 116 cm³/mol. The summed E-state index contributed by atoms with van der Waals surface area (Å²) < 4.78 is 33.7. The van der Waals surface area contributed by atoms with Gasteiger partial charge in [0.15, 0.2) is 0 Å². The molecule has 3 rings (SSSR count). The largest absolute Gasteiger partial charge is 0.497 e. The number of methoxy groups -OCH3 is 1. The minimum atomic E-state index is -4.07. The van der Waals surface area contributed by atoms with Crippen LogP contribution in [0.3, 0.4) is 0 Å². The SMILES string of the molecule is COc1cccc(C(C)N(c2cccc(Cl)c2)S(=O)(=O)c2ccc([N+](=O)[O-])cc2)c1. The highest BCUT2D eigenvalue weighted by atomic mass is 35.5. The fraction of sp³-hybridized carbons (Fsp3) is 0.143. The van der Waals surface area contributed by atoms with E-state index in [0.29, 0.717) is 22.0 Å². The van der Waals surface area contributed by atoms with Crippen LogP contribution in [0.2, 0.25) is 5.02 Å². The number of halogens is 1. The van der Waals surface area contributed by atoms with Crippen LogP contribution in [0.1, 0.15) is 18.5 Å². The standard InChI is InChI=1S/C21H19ClN2O5S/c1-15(16-5-3-8-20(13-16)29-2)23(19-7-4-6-17(22)14-19)30(27,28)21-11-9-18(10-12-21)24(25)26/h3-15H,1-2H3. The smallest absolute Gasteiger partial charge is 0.269 e. The molecule has 0 saturated heterocycles. The molecular weight excluding hydrogens is 428 g/mol. The van der Waals surface area contributed by atoms with Crippen LogP contribution < -0.4 is 9.04 Å². The lowest BCUT2D eigenvalue weighted by Gasteiger charge is -2.31. The maximum atomic E-state index is 13.6. The summed E-state index contributed by atoms with van der Waals surface area (Å²) in [6.07, 6.45) is 0. The van der Waals surface area contributed by atoms with E-state index in [9.17, 15) is 18.5 Å². The Bertz CT molecular complexity index is 1170. The third kappa shape index (κ3) is 4.39. The minimum absolute atomic E-state index is 0.0668. The monoisotopic (exact) mass is 446 g/mol. The molecule has 0 aliphatic heterocycles. The minimum Gasteiger partial charge on any atom is -0.497 e. The summed E-state index contributed by atoms with van der Waals surface area (Å²) >= 11 is 6.12. The van der Waals surface area contributed by atoms with Gasteiger partial charge in [0.2, 0.25) is 0 Å². The van der Waals surface area contributed by atoms with Gasteiger partial charge in [-0.05, 0) is 55.0 Å². The van der Waals surface area contributed by atoms with E-state index in [1.807, 2.05) is 0 Å². The van der Waals surface area contributed by atoms with Gasteiger partial charge >= 0.3 is 0 Å². The molecule has 0 radical (unpaired) electrons. The Morgan fingerprint density at radius 2 is 1.70 bits per heavy atom. The van der Waals surface area contributed by atoms with Gasteiger partial charge in [0.05, 0.1) is 28.7 Å².